The van der Waals surface area contributed by atoms with Gasteiger partial charge in [-0.25, -0.2) is 9.36 Å². The molecule has 2 rings (SSSR count). The third-order valence-electron chi connectivity index (χ3n) is 4.06. The molecule has 0 aliphatic carbocycles. The molecule has 0 unspecified atom stereocenters. The summed E-state index contributed by atoms with van der Waals surface area (Å²) < 4.78 is 7.16. The van der Waals surface area contributed by atoms with Crippen LogP contribution in [0.1, 0.15) is 40.2 Å². The number of allylic oxidation sites excluding steroid dienone is 1. The molecule has 0 saturated carbocycles. The molecule has 0 radical (unpaired) electrons. The first-order valence-corrected chi connectivity index (χ1v) is 8.91. The standard InChI is InChI=1S/C21H24N4O2/c1-6-24(7-2)19-17(12-15(13-22)14-23)16-10-8-9-11-18(16)25(19)20(26)27-21(3,4)5/h8-12H,6-7H2,1-5H3. The molecule has 1 aromatic carbocycles. The molecular weight excluding hydrogens is 340 g/mol. The maximum absolute atomic E-state index is 13.0. The fourth-order valence-corrected chi connectivity index (χ4v) is 2.95. The van der Waals surface area contributed by atoms with Crippen molar-refractivity contribution in [3.05, 3.63) is 35.4 Å². The van der Waals surface area contributed by atoms with Crippen LogP contribution in [0.4, 0.5) is 10.6 Å². The van der Waals surface area contributed by atoms with Gasteiger partial charge in [0.15, 0.2) is 0 Å². The molecule has 0 N–H and O–H groups in total. The quantitative estimate of drug-likeness (QED) is 0.734. The second-order valence-corrected chi connectivity index (χ2v) is 7.02. The number of rotatable bonds is 4. The number of carbonyl (C=O) groups is 1. The second kappa shape index (κ2) is 7.97. The van der Waals surface area contributed by atoms with E-state index in [2.05, 4.69) is 0 Å². The van der Waals surface area contributed by atoms with Crippen LogP contribution >= 0.6 is 0 Å². The number of ether oxygens (including phenoxy) is 1. The molecule has 0 bridgehead atoms. The summed E-state index contributed by atoms with van der Waals surface area (Å²) in [6.07, 6.45) is 1.05. The monoisotopic (exact) mass is 364 g/mol. The lowest BCUT2D eigenvalue weighted by Crippen LogP contribution is -2.31. The Bertz CT molecular complexity index is 945. The van der Waals surface area contributed by atoms with Gasteiger partial charge in [-0.1, -0.05) is 18.2 Å². The lowest BCUT2D eigenvalue weighted by Gasteiger charge is -2.26. The van der Waals surface area contributed by atoms with E-state index in [-0.39, 0.29) is 5.57 Å². The Balaban J connectivity index is 2.91. The van der Waals surface area contributed by atoms with Crippen LogP contribution in [0.15, 0.2) is 29.8 Å². The zero-order valence-corrected chi connectivity index (χ0v) is 16.4. The number of hydrogen-bond acceptors (Lipinski definition) is 5. The lowest BCUT2D eigenvalue weighted by atomic mass is 10.1. The van der Waals surface area contributed by atoms with Crippen LogP contribution in [0.5, 0.6) is 0 Å². The first-order chi connectivity index (χ1) is 12.8. The van der Waals surface area contributed by atoms with Crippen molar-refractivity contribution in [1.82, 2.24) is 4.57 Å². The summed E-state index contributed by atoms with van der Waals surface area (Å²) in [6, 6.07) is 11.2. The molecule has 0 aliphatic rings. The summed E-state index contributed by atoms with van der Waals surface area (Å²) in [5.41, 5.74) is 0.674. The highest BCUT2D eigenvalue weighted by atomic mass is 16.6. The highest BCUT2D eigenvalue weighted by Gasteiger charge is 2.27. The maximum Gasteiger partial charge on any atom is 0.420 e. The molecule has 0 fully saturated rings. The zero-order valence-electron chi connectivity index (χ0n) is 16.4. The number of fused-ring (bicyclic) bond motifs is 1. The van der Waals surface area contributed by atoms with Gasteiger partial charge in [-0.05, 0) is 46.8 Å². The van der Waals surface area contributed by atoms with E-state index in [0.717, 1.165) is 5.39 Å². The van der Waals surface area contributed by atoms with E-state index < -0.39 is 11.7 Å². The number of anilines is 1. The smallest absolute Gasteiger partial charge is 0.420 e. The third-order valence-corrected chi connectivity index (χ3v) is 4.06. The minimum Gasteiger partial charge on any atom is -0.443 e. The summed E-state index contributed by atoms with van der Waals surface area (Å²) in [5, 5.41) is 19.2. The first kappa shape index (κ1) is 20.1. The Morgan fingerprint density at radius 1 is 1.19 bits per heavy atom. The second-order valence-electron chi connectivity index (χ2n) is 7.02. The average molecular weight is 364 g/mol. The normalized spacial score (nSPS) is 10.8. The van der Waals surface area contributed by atoms with Gasteiger partial charge in [0, 0.05) is 24.0 Å². The van der Waals surface area contributed by atoms with Gasteiger partial charge in [0.25, 0.3) is 0 Å². The maximum atomic E-state index is 13.0. The SMILES string of the molecule is CCN(CC)c1c(C=C(C#N)C#N)c2ccccc2n1C(=O)OC(C)(C)C. The van der Waals surface area contributed by atoms with Crippen molar-refractivity contribution in [1.29, 1.82) is 10.5 Å². The van der Waals surface area contributed by atoms with E-state index in [1.54, 1.807) is 0 Å². The molecule has 0 aliphatic heterocycles. The highest BCUT2D eigenvalue weighted by molar-refractivity contribution is 6.03. The Kier molecular flexibility index (Phi) is 5.92. The van der Waals surface area contributed by atoms with Gasteiger partial charge in [0.1, 0.15) is 29.1 Å². The zero-order chi connectivity index (χ0) is 20.2. The van der Waals surface area contributed by atoms with Crippen molar-refractivity contribution < 1.29 is 9.53 Å². The van der Waals surface area contributed by atoms with Crippen molar-refractivity contribution >= 4 is 28.9 Å². The van der Waals surface area contributed by atoms with Crippen LogP contribution in [0.2, 0.25) is 0 Å². The predicted molar refractivity (Wildman–Crippen MR) is 106 cm³/mol. The van der Waals surface area contributed by atoms with Crippen LogP contribution in [0.3, 0.4) is 0 Å². The molecule has 2 aromatic rings. The van der Waals surface area contributed by atoms with E-state index in [1.807, 2.05) is 75.9 Å². The van der Waals surface area contributed by atoms with Crippen LogP contribution in [0, 0.1) is 22.7 Å². The Hall–Kier alpha value is -3.25. The average Bonchev–Trinajstić information content (AvgIpc) is 2.93. The number of hydrogen-bond donors (Lipinski definition) is 0. The minimum absolute atomic E-state index is 0.0181. The number of nitriles is 2. The molecule has 0 spiro atoms. The predicted octanol–water partition coefficient (Wildman–Crippen LogP) is 4.70. The molecule has 27 heavy (non-hydrogen) atoms. The van der Waals surface area contributed by atoms with Gasteiger partial charge >= 0.3 is 6.09 Å². The summed E-state index contributed by atoms with van der Waals surface area (Å²) in [4.78, 5) is 15.0. The first-order valence-electron chi connectivity index (χ1n) is 8.91. The van der Waals surface area contributed by atoms with Gasteiger partial charge in [-0.15, -0.1) is 0 Å². The largest absolute Gasteiger partial charge is 0.443 e. The fourth-order valence-electron chi connectivity index (χ4n) is 2.95. The van der Waals surface area contributed by atoms with Gasteiger partial charge < -0.3 is 9.64 Å². The molecule has 6 nitrogen and oxygen atoms in total. The van der Waals surface area contributed by atoms with E-state index >= 15 is 0 Å². The third kappa shape index (κ3) is 4.12. The van der Waals surface area contributed by atoms with Gasteiger partial charge in [0.2, 0.25) is 0 Å². The summed E-state index contributed by atoms with van der Waals surface area (Å²) in [7, 11) is 0. The van der Waals surface area contributed by atoms with Gasteiger partial charge in [0.05, 0.1) is 5.52 Å². The van der Waals surface area contributed by atoms with Gasteiger partial charge in [-0.2, -0.15) is 10.5 Å². The van der Waals surface area contributed by atoms with Crippen molar-refractivity contribution in [2.24, 2.45) is 0 Å². The van der Waals surface area contributed by atoms with E-state index in [9.17, 15) is 15.3 Å². The molecule has 1 heterocycles. The van der Waals surface area contributed by atoms with Crippen LogP contribution in [-0.4, -0.2) is 29.4 Å². The lowest BCUT2D eigenvalue weighted by molar-refractivity contribution is 0.0546. The number of para-hydroxylation sites is 1. The summed E-state index contributed by atoms with van der Waals surface area (Å²) >= 11 is 0. The number of nitrogens with zero attached hydrogens (tertiary/aromatic N) is 4. The topological polar surface area (TPSA) is 82.0 Å². The molecule has 0 amide bonds. The van der Waals surface area contributed by atoms with E-state index in [0.29, 0.717) is 30.0 Å². The van der Waals surface area contributed by atoms with Crippen molar-refractivity contribution in [2.75, 3.05) is 18.0 Å². The summed E-state index contributed by atoms with van der Waals surface area (Å²) in [6.45, 7) is 10.7. The minimum atomic E-state index is -0.649. The highest BCUT2D eigenvalue weighted by Crippen LogP contribution is 2.35. The van der Waals surface area contributed by atoms with Crippen LogP contribution < -0.4 is 4.90 Å². The number of carbonyl (C=O) groups excluding carboxylic acids is 1. The molecule has 6 heteroatoms. The fraction of sp³-hybridized carbons (Fsp3) is 0.381. The molecular formula is C21H24N4O2. The molecule has 1 aromatic heterocycles. The number of aromatic nitrogens is 1. The molecule has 0 atom stereocenters. The van der Waals surface area contributed by atoms with Crippen molar-refractivity contribution in [3.8, 4) is 12.1 Å². The Morgan fingerprint density at radius 2 is 1.78 bits per heavy atom. The summed E-state index contributed by atoms with van der Waals surface area (Å²) in [5.74, 6) is 0.624. The number of benzene rings is 1. The van der Waals surface area contributed by atoms with Gasteiger partial charge in [-0.3, -0.25) is 0 Å². The Morgan fingerprint density at radius 3 is 2.30 bits per heavy atom. The molecule has 140 valence electrons. The van der Waals surface area contributed by atoms with E-state index in [4.69, 9.17) is 4.74 Å². The molecule has 0 saturated heterocycles. The van der Waals surface area contributed by atoms with Crippen molar-refractivity contribution in [2.45, 2.75) is 40.2 Å². The van der Waals surface area contributed by atoms with Crippen LogP contribution in [0.25, 0.3) is 17.0 Å². The van der Waals surface area contributed by atoms with E-state index in [1.165, 1.54) is 10.6 Å². The Labute approximate surface area is 159 Å². The van der Waals surface area contributed by atoms with Crippen LogP contribution in [-0.2, 0) is 4.74 Å². The van der Waals surface area contributed by atoms with Crippen molar-refractivity contribution in [3.63, 3.8) is 0 Å².